The summed E-state index contributed by atoms with van der Waals surface area (Å²) < 4.78 is 0. The van der Waals surface area contributed by atoms with Gasteiger partial charge in [0.05, 0.1) is 0 Å². The number of piperidine rings is 1. The minimum absolute atomic E-state index is 0. The fourth-order valence-electron chi connectivity index (χ4n) is 4.28. The van der Waals surface area contributed by atoms with Crippen LogP contribution in [-0.2, 0) is 4.79 Å². The van der Waals surface area contributed by atoms with E-state index in [4.69, 9.17) is 0 Å². The molecule has 0 spiro atoms. The second kappa shape index (κ2) is 9.62. The van der Waals surface area contributed by atoms with Crippen LogP contribution in [0.4, 0.5) is 4.79 Å². The zero-order chi connectivity index (χ0) is 16.9. The van der Waals surface area contributed by atoms with Crippen LogP contribution >= 0.6 is 12.4 Å². The Hall–Kier alpha value is -1.01. The number of carbonyl (C=O) groups is 2. The van der Waals surface area contributed by atoms with Gasteiger partial charge < -0.3 is 20.0 Å². The van der Waals surface area contributed by atoms with Crippen molar-refractivity contribution in [3.63, 3.8) is 0 Å². The molecule has 1 atom stereocenters. The van der Waals surface area contributed by atoms with E-state index in [1.807, 2.05) is 9.80 Å². The van der Waals surface area contributed by atoms with Crippen LogP contribution in [0.1, 0.15) is 45.4 Å². The van der Waals surface area contributed by atoms with Crippen LogP contribution < -0.4 is 5.32 Å². The summed E-state index contributed by atoms with van der Waals surface area (Å²) in [5.41, 5.74) is 0. The number of nitrogens with one attached hydrogen (secondary N) is 1. The molecule has 3 rings (SSSR count). The highest BCUT2D eigenvalue weighted by Gasteiger charge is 2.34. The monoisotopic (exact) mass is 372 g/mol. The summed E-state index contributed by atoms with van der Waals surface area (Å²) in [6, 6.07) is 0.547. The summed E-state index contributed by atoms with van der Waals surface area (Å²) in [5.74, 6) is 0.415. The number of hydrogen-bond acceptors (Lipinski definition) is 3. The average molecular weight is 373 g/mol. The quantitative estimate of drug-likeness (QED) is 0.820. The molecule has 0 bridgehead atoms. The number of urea groups is 1. The van der Waals surface area contributed by atoms with E-state index < -0.39 is 0 Å². The normalized spacial score (nSPS) is 24.3. The first-order valence-corrected chi connectivity index (χ1v) is 9.75. The molecule has 3 heterocycles. The van der Waals surface area contributed by atoms with Gasteiger partial charge in [0.15, 0.2) is 0 Å². The fourth-order valence-corrected chi connectivity index (χ4v) is 4.28. The summed E-state index contributed by atoms with van der Waals surface area (Å²) in [5, 5.41) is 3.37. The van der Waals surface area contributed by atoms with Gasteiger partial charge in [0, 0.05) is 51.2 Å². The van der Waals surface area contributed by atoms with Crippen molar-refractivity contribution in [1.29, 1.82) is 0 Å². The van der Waals surface area contributed by atoms with Gasteiger partial charge in [-0.25, -0.2) is 4.79 Å². The Morgan fingerprint density at radius 3 is 2.24 bits per heavy atom. The molecule has 3 saturated heterocycles. The van der Waals surface area contributed by atoms with Gasteiger partial charge in [-0.3, -0.25) is 4.79 Å². The smallest absolute Gasteiger partial charge is 0.319 e. The third kappa shape index (κ3) is 4.79. The minimum atomic E-state index is 0. The number of nitrogens with zero attached hydrogens (tertiary/aromatic N) is 3. The maximum Gasteiger partial charge on any atom is 0.319 e. The summed E-state index contributed by atoms with van der Waals surface area (Å²) >= 11 is 0. The topological polar surface area (TPSA) is 55.9 Å². The maximum atomic E-state index is 13.0. The van der Waals surface area contributed by atoms with Gasteiger partial charge in [-0.05, 0) is 45.1 Å². The molecule has 144 valence electrons. The fraction of sp³-hybridized carbons (Fsp3) is 0.889. The lowest BCUT2D eigenvalue weighted by atomic mass is 9.94. The van der Waals surface area contributed by atoms with Crippen LogP contribution in [0, 0.1) is 5.92 Å². The Kier molecular flexibility index (Phi) is 7.81. The van der Waals surface area contributed by atoms with Crippen molar-refractivity contribution in [1.82, 2.24) is 20.0 Å². The first-order valence-electron chi connectivity index (χ1n) is 9.75. The highest BCUT2D eigenvalue weighted by molar-refractivity contribution is 5.85. The van der Waals surface area contributed by atoms with Crippen molar-refractivity contribution in [3.8, 4) is 0 Å². The summed E-state index contributed by atoms with van der Waals surface area (Å²) in [4.78, 5) is 31.5. The molecule has 3 aliphatic heterocycles. The van der Waals surface area contributed by atoms with Gasteiger partial charge in [0.1, 0.15) is 0 Å². The Morgan fingerprint density at radius 2 is 1.68 bits per heavy atom. The predicted molar refractivity (Wildman–Crippen MR) is 101 cm³/mol. The summed E-state index contributed by atoms with van der Waals surface area (Å²) in [6.07, 6.45) is 5.97. The molecule has 1 N–H and O–H groups in total. The number of carbonyl (C=O) groups excluding carboxylic acids is 2. The maximum absolute atomic E-state index is 13.0. The van der Waals surface area contributed by atoms with Crippen LogP contribution in [0.25, 0.3) is 0 Å². The van der Waals surface area contributed by atoms with Crippen molar-refractivity contribution in [2.24, 2.45) is 5.92 Å². The Morgan fingerprint density at radius 1 is 1.04 bits per heavy atom. The van der Waals surface area contributed by atoms with E-state index in [1.54, 1.807) is 0 Å². The van der Waals surface area contributed by atoms with E-state index in [-0.39, 0.29) is 24.4 Å². The number of rotatable bonds is 4. The van der Waals surface area contributed by atoms with Crippen molar-refractivity contribution < 1.29 is 9.59 Å². The number of amides is 3. The highest BCUT2D eigenvalue weighted by Crippen LogP contribution is 2.24. The van der Waals surface area contributed by atoms with E-state index in [2.05, 4.69) is 17.1 Å². The van der Waals surface area contributed by atoms with Crippen LogP contribution in [-0.4, -0.2) is 78.5 Å². The average Bonchev–Trinajstić information content (AvgIpc) is 3.32. The molecule has 0 saturated carbocycles. The van der Waals surface area contributed by atoms with Gasteiger partial charge in [-0.1, -0.05) is 6.92 Å². The molecule has 6 nitrogen and oxygen atoms in total. The van der Waals surface area contributed by atoms with E-state index in [9.17, 15) is 9.59 Å². The van der Waals surface area contributed by atoms with E-state index >= 15 is 0 Å². The van der Waals surface area contributed by atoms with Crippen LogP contribution in [0.15, 0.2) is 0 Å². The lowest BCUT2D eigenvalue weighted by Crippen LogP contribution is -2.50. The second-order valence-electron chi connectivity index (χ2n) is 7.42. The third-order valence-electron chi connectivity index (χ3n) is 5.71. The highest BCUT2D eigenvalue weighted by atomic mass is 35.5. The largest absolute Gasteiger partial charge is 0.338 e. The molecule has 0 aromatic carbocycles. The van der Waals surface area contributed by atoms with Crippen molar-refractivity contribution >= 4 is 24.3 Å². The predicted octanol–water partition coefficient (Wildman–Crippen LogP) is 1.94. The van der Waals surface area contributed by atoms with Gasteiger partial charge in [-0.15, -0.1) is 12.4 Å². The van der Waals surface area contributed by atoms with Crippen molar-refractivity contribution in [2.45, 2.75) is 51.5 Å². The molecule has 1 unspecified atom stereocenters. The van der Waals surface area contributed by atoms with Gasteiger partial charge in [-0.2, -0.15) is 0 Å². The lowest BCUT2D eigenvalue weighted by Gasteiger charge is -2.37. The number of likely N-dealkylation sites (tertiary alicyclic amines) is 2. The lowest BCUT2D eigenvalue weighted by molar-refractivity contribution is -0.139. The molecule has 0 aromatic heterocycles. The molecule has 3 amide bonds. The van der Waals surface area contributed by atoms with E-state index in [1.165, 1.54) is 0 Å². The zero-order valence-electron chi connectivity index (χ0n) is 15.4. The standard InChI is InChI=1S/C18H32N4O2.ClH/c1-2-9-22(16-5-8-19-14-16)17(23)15-6-12-21(13-7-15)18(24)20-10-3-4-11-20;/h15-16,19H,2-14H2,1H3;1H. The summed E-state index contributed by atoms with van der Waals surface area (Å²) in [6.45, 7) is 8.20. The molecular formula is C18H33ClN4O2. The van der Waals surface area contributed by atoms with E-state index in [0.717, 1.165) is 84.3 Å². The summed E-state index contributed by atoms with van der Waals surface area (Å²) in [7, 11) is 0. The van der Waals surface area contributed by atoms with E-state index in [0.29, 0.717) is 11.9 Å². The molecule has 7 heteroatoms. The molecule has 0 aromatic rings. The SMILES string of the molecule is CCCN(C(=O)C1CCN(C(=O)N2CCCC2)CC1)C1CCNC1.Cl. The van der Waals surface area contributed by atoms with Crippen molar-refractivity contribution in [3.05, 3.63) is 0 Å². The first kappa shape index (κ1) is 20.3. The molecular weight excluding hydrogens is 340 g/mol. The minimum Gasteiger partial charge on any atom is -0.338 e. The van der Waals surface area contributed by atoms with Crippen molar-refractivity contribution in [2.75, 3.05) is 45.8 Å². The molecule has 0 aliphatic carbocycles. The molecule has 3 fully saturated rings. The Bertz CT molecular complexity index is 442. The first-order chi connectivity index (χ1) is 11.7. The van der Waals surface area contributed by atoms with Crippen LogP contribution in [0.2, 0.25) is 0 Å². The second-order valence-corrected chi connectivity index (χ2v) is 7.42. The van der Waals surface area contributed by atoms with Gasteiger partial charge >= 0.3 is 6.03 Å². The number of halogens is 1. The molecule has 25 heavy (non-hydrogen) atoms. The zero-order valence-corrected chi connectivity index (χ0v) is 16.2. The molecule has 3 aliphatic rings. The Labute approximate surface area is 157 Å². The number of hydrogen-bond donors (Lipinski definition) is 1. The van der Waals surface area contributed by atoms with Gasteiger partial charge in [0.25, 0.3) is 0 Å². The van der Waals surface area contributed by atoms with Crippen LogP contribution in [0.5, 0.6) is 0 Å². The molecule has 0 radical (unpaired) electrons. The van der Waals surface area contributed by atoms with Gasteiger partial charge in [0.2, 0.25) is 5.91 Å². The third-order valence-corrected chi connectivity index (χ3v) is 5.71. The van der Waals surface area contributed by atoms with Crippen LogP contribution in [0.3, 0.4) is 0 Å². The Balaban J connectivity index is 0.00000225.